The molecule has 0 bridgehead atoms. The van der Waals surface area contributed by atoms with Gasteiger partial charge in [0.15, 0.2) is 0 Å². The number of carbonyl (C=O) groups is 1. The lowest BCUT2D eigenvalue weighted by molar-refractivity contribution is 0.0740. The van der Waals surface area contributed by atoms with Crippen molar-refractivity contribution in [3.05, 3.63) is 52.3 Å². The molecule has 0 fully saturated rings. The second kappa shape index (κ2) is 7.88. The summed E-state index contributed by atoms with van der Waals surface area (Å²) in [6.07, 6.45) is 1.97. The molecule has 1 heterocycles. The van der Waals surface area contributed by atoms with Gasteiger partial charge in [-0.2, -0.15) is 0 Å². The van der Waals surface area contributed by atoms with Gasteiger partial charge in [-0.1, -0.05) is 12.1 Å². The highest BCUT2D eigenvalue weighted by atomic mass is 79.9. The van der Waals surface area contributed by atoms with Crippen molar-refractivity contribution in [2.45, 2.75) is 33.4 Å². The first-order chi connectivity index (χ1) is 11.3. The summed E-state index contributed by atoms with van der Waals surface area (Å²) < 4.78 is 2.95. The van der Waals surface area contributed by atoms with Gasteiger partial charge in [-0.3, -0.25) is 4.79 Å². The molecule has 0 saturated heterocycles. The number of carbonyl (C=O) groups excluding carboxylic acids is 1. The molecule has 2 aromatic rings. The van der Waals surface area contributed by atoms with E-state index in [0.29, 0.717) is 13.1 Å². The van der Waals surface area contributed by atoms with E-state index in [-0.39, 0.29) is 11.9 Å². The summed E-state index contributed by atoms with van der Waals surface area (Å²) >= 11 is 3.48. The van der Waals surface area contributed by atoms with E-state index in [9.17, 15) is 4.79 Å². The van der Waals surface area contributed by atoms with Gasteiger partial charge in [0.25, 0.3) is 5.91 Å². The highest BCUT2D eigenvalue weighted by Gasteiger charge is 2.20. The summed E-state index contributed by atoms with van der Waals surface area (Å²) in [6.45, 7) is 7.47. The Hall–Kier alpha value is -1.75. The molecule has 130 valence electrons. The first-order valence-corrected chi connectivity index (χ1v) is 9.05. The Morgan fingerprint density at radius 2 is 1.83 bits per heavy atom. The summed E-state index contributed by atoms with van der Waals surface area (Å²) in [7, 11) is 4.05. The van der Waals surface area contributed by atoms with Crippen LogP contribution in [-0.4, -0.2) is 36.0 Å². The highest BCUT2D eigenvalue weighted by Crippen LogP contribution is 2.22. The van der Waals surface area contributed by atoms with E-state index >= 15 is 0 Å². The topological polar surface area (TPSA) is 28.5 Å². The van der Waals surface area contributed by atoms with Gasteiger partial charge in [0.05, 0.1) is 0 Å². The molecule has 0 unspecified atom stereocenters. The lowest BCUT2D eigenvalue weighted by Gasteiger charge is -2.23. The van der Waals surface area contributed by atoms with E-state index < -0.39 is 0 Å². The first-order valence-electron chi connectivity index (χ1n) is 8.26. The number of amides is 1. The largest absolute Gasteiger partial charge is 0.378 e. The molecule has 0 aliphatic carbocycles. The molecule has 0 aliphatic heterocycles. The van der Waals surface area contributed by atoms with Crippen molar-refractivity contribution in [1.82, 2.24) is 9.47 Å². The predicted octanol–water partition coefficient (Wildman–Crippen LogP) is 4.56. The standard InChI is InChI=1S/C19H26BrN3O/c1-6-22(12-15-7-9-17(10-8-15)21(4)5)19(24)18-11-16(20)13-23(18)14(2)3/h7-11,13-14H,6,12H2,1-5H3. The molecule has 0 saturated carbocycles. The van der Waals surface area contributed by atoms with E-state index in [0.717, 1.165) is 21.4 Å². The van der Waals surface area contributed by atoms with Crippen molar-refractivity contribution in [3.8, 4) is 0 Å². The zero-order chi connectivity index (χ0) is 17.9. The highest BCUT2D eigenvalue weighted by molar-refractivity contribution is 9.10. The molecule has 0 aliphatic rings. The van der Waals surface area contributed by atoms with E-state index in [1.807, 2.05) is 42.7 Å². The van der Waals surface area contributed by atoms with E-state index in [2.05, 4.69) is 58.9 Å². The normalized spacial score (nSPS) is 11.0. The Kier molecular flexibility index (Phi) is 6.10. The minimum Gasteiger partial charge on any atom is -0.378 e. The maximum atomic E-state index is 13.0. The Bertz CT molecular complexity index is 689. The van der Waals surface area contributed by atoms with E-state index in [1.54, 1.807) is 0 Å². The molecule has 5 heteroatoms. The van der Waals surface area contributed by atoms with Crippen molar-refractivity contribution in [3.63, 3.8) is 0 Å². The minimum absolute atomic E-state index is 0.0635. The Morgan fingerprint density at radius 1 is 1.21 bits per heavy atom. The summed E-state index contributed by atoms with van der Waals surface area (Å²) in [4.78, 5) is 16.9. The lowest BCUT2D eigenvalue weighted by atomic mass is 10.1. The van der Waals surface area contributed by atoms with Crippen LogP contribution in [-0.2, 0) is 6.54 Å². The van der Waals surface area contributed by atoms with Crippen LogP contribution in [0.5, 0.6) is 0 Å². The molecule has 2 rings (SSSR count). The van der Waals surface area contributed by atoms with Gasteiger partial charge in [-0.05, 0) is 60.5 Å². The third-order valence-electron chi connectivity index (χ3n) is 4.09. The van der Waals surface area contributed by atoms with Crippen molar-refractivity contribution >= 4 is 27.5 Å². The van der Waals surface area contributed by atoms with E-state index in [4.69, 9.17) is 0 Å². The van der Waals surface area contributed by atoms with Gasteiger partial charge >= 0.3 is 0 Å². The third-order valence-corrected chi connectivity index (χ3v) is 4.52. The summed E-state index contributed by atoms with van der Waals surface area (Å²) in [5.41, 5.74) is 3.02. The number of hydrogen-bond donors (Lipinski definition) is 0. The number of rotatable bonds is 6. The molecule has 0 radical (unpaired) electrons. The average Bonchev–Trinajstić information content (AvgIpc) is 2.94. The fourth-order valence-corrected chi connectivity index (χ4v) is 3.09. The summed E-state index contributed by atoms with van der Waals surface area (Å²) in [5, 5.41) is 0. The molecule has 1 aromatic carbocycles. The van der Waals surface area contributed by atoms with Crippen molar-refractivity contribution in [2.75, 3.05) is 25.5 Å². The Morgan fingerprint density at radius 3 is 2.33 bits per heavy atom. The fourth-order valence-electron chi connectivity index (χ4n) is 2.65. The molecular weight excluding hydrogens is 366 g/mol. The van der Waals surface area contributed by atoms with Gasteiger partial charge in [-0.25, -0.2) is 0 Å². The van der Waals surface area contributed by atoms with Gasteiger partial charge in [0.1, 0.15) is 5.69 Å². The maximum Gasteiger partial charge on any atom is 0.270 e. The zero-order valence-corrected chi connectivity index (χ0v) is 16.7. The van der Waals surface area contributed by atoms with Crippen LogP contribution in [0.3, 0.4) is 0 Å². The average molecular weight is 392 g/mol. The third kappa shape index (κ3) is 4.20. The van der Waals surface area contributed by atoms with Crippen LogP contribution in [0.4, 0.5) is 5.69 Å². The monoisotopic (exact) mass is 391 g/mol. The van der Waals surface area contributed by atoms with Crippen molar-refractivity contribution < 1.29 is 4.79 Å². The van der Waals surface area contributed by atoms with Gasteiger partial charge in [0, 0.05) is 49.6 Å². The first kappa shape index (κ1) is 18.6. The van der Waals surface area contributed by atoms with Crippen LogP contribution in [0.15, 0.2) is 41.0 Å². The Labute approximate surface area is 153 Å². The van der Waals surface area contributed by atoms with Gasteiger partial charge in [-0.15, -0.1) is 0 Å². The molecule has 1 amide bonds. The van der Waals surface area contributed by atoms with Gasteiger partial charge in [0.2, 0.25) is 0 Å². The molecule has 4 nitrogen and oxygen atoms in total. The van der Waals surface area contributed by atoms with Crippen molar-refractivity contribution in [2.24, 2.45) is 0 Å². The number of benzene rings is 1. The SMILES string of the molecule is CCN(Cc1ccc(N(C)C)cc1)C(=O)c1cc(Br)cn1C(C)C. The predicted molar refractivity (Wildman–Crippen MR) is 104 cm³/mol. The molecule has 24 heavy (non-hydrogen) atoms. The van der Waals surface area contributed by atoms with Crippen LogP contribution in [0, 0.1) is 0 Å². The number of aromatic nitrogens is 1. The van der Waals surface area contributed by atoms with Gasteiger partial charge < -0.3 is 14.4 Å². The van der Waals surface area contributed by atoms with Crippen LogP contribution in [0.2, 0.25) is 0 Å². The fraction of sp³-hybridized carbons (Fsp3) is 0.421. The van der Waals surface area contributed by atoms with E-state index in [1.165, 1.54) is 0 Å². The minimum atomic E-state index is 0.0635. The van der Waals surface area contributed by atoms with Crippen LogP contribution in [0.25, 0.3) is 0 Å². The molecule has 0 atom stereocenters. The molecule has 0 N–H and O–H groups in total. The molecular formula is C19H26BrN3O. The zero-order valence-electron chi connectivity index (χ0n) is 15.1. The number of hydrogen-bond acceptors (Lipinski definition) is 2. The summed E-state index contributed by atoms with van der Waals surface area (Å²) in [5.74, 6) is 0.0635. The Balaban J connectivity index is 2.20. The number of nitrogens with zero attached hydrogens (tertiary/aromatic N) is 3. The number of halogens is 1. The number of anilines is 1. The lowest BCUT2D eigenvalue weighted by Crippen LogP contribution is -2.32. The second-order valence-corrected chi connectivity index (χ2v) is 7.34. The smallest absolute Gasteiger partial charge is 0.270 e. The second-order valence-electron chi connectivity index (χ2n) is 6.42. The summed E-state index contributed by atoms with van der Waals surface area (Å²) in [6, 6.07) is 10.5. The van der Waals surface area contributed by atoms with Crippen molar-refractivity contribution in [1.29, 1.82) is 0 Å². The van der Waals surface area contributed by atoms with Crippen LogP contribution >= 0.6 is 15.9 Å². The quantitative estimate of drug-likeness (QED) is 0.721. The molecule has 1 aromatic heterocycles. The van der Waals surface area contributed by atoms with Crippen LogP contribution in [0.1, 0.15) is 42.9 Å². The molecule has 0 spiro atoms. The van der Waals surface area contributed by atoms with Crippen LogP contribution < -0.4 is 4.90 Å². The maximum absolute atomic E-state index is 13.0.